The lowest BCUT2D eigenvalue weighted by Crippen LogP contribution is -2.36. The van der Waals surface area contributed by atoms with E-state index < -0.39 is 0 Å². The third-order valence-electron chi connectivity index (χ3n) is 2.97. The largest absolute Gasteiger partial charge is 0.358 e. The minimum Gasteiger partial charge on any atom is -0.358 e. The van der Waals surface area contributed by atoms with E-state index in [-0.39, 0.29) is 0 Å². The molecule has 0 amide bonds. The molecular weight excluding hydrogens is 288 g/mol. The first-order valence-corrected chi connectivity index (χ1v) is 7.21. The number of hydrogen-bond donors (Lipinski definition) is 1. The zero-order chi connectivity index (χ0) is 14.4. The summed E-state index contributed by atoms with van der Waals surface area (Å²) in [6.07, 6.45) is 0. The van der Waals surface area contributed by atoms with Gasteiger partial charge in [0.2, 0.25) is 0 Å². The summed E-state index contributed by atoms with van der Waals surface area (Å²) >= 11 is 11.3. The van der Waals surface area contributed by atoms with E-state index >= 15 is 0 Å². The molecule has 104 valence electrons. The molecular formula is C16H17ClN2S. The van der Waals surface area contributed by atoms with E-state index in [0.29, 0.717) is 0 Å². The third kappa shape index (κ3) is 4.51. The second-order valence-electron chi connectivity index (χ2n) is 4.63. The summed E-state index contributed by atoms with van der Waals surface area (Å²) in [6.45, 7) is 1.50. The molecule has 0 aromatic heterocycles. The number of thiocarbonyl (C=S) groups is 1. The number of rotatable bonds is 4. The summed E-state index contributed by atoms with van der Waals surface area (Å²) in [4.78, 5) is 2.02. The van der Waals surface area contributed by atoms with Gasteiger partial charge in [0.1, 0.15) is 0 Å². The van der Waals surface area contributed by atoms with Gasteiger partial charge in [-0.1, -0.05) is 54.1 Å². The number of hydrogen-bond acceptors (Lipinski definition) is 1. The van der Waals surface area contributed by atoms with Gasteiger partial charge in [-0.3, -0.25) is 0 Å². The molecule has 0 heterocycles. The maximum atomic E-state index is 5.88. The summed E-state index contributed by atoms with van der Waals surface area (Å²) in [7, 11) is 1.98. The minimum atomic E-state index is 0.740. The SMILES string of the molecule is CN(Cc1ccc(Cl)cc1)C(=S)NCc1ccccc1. The van der Waals surface area contributed by atoms with Crippen LogP contribution in [0.5, 0.6) is 0 Å². The Morgan fingerprint density at radius 3 is 2.35 bits per heavy atom. The maximum Gasteiger partial charge on any atom is 0.169 e. The van der Waals surface area contributed by atoms with Gasteiger partial charge >= 0.3 is 0 Å². The predicted octanol–water partition coefficient (Wildman–Crippen LogP) is 3.85. The lowest BCUT2D eigenvalue weighted by molar-refractivity contribution is 0.489. The molecule has 2 nitrogen and oxygen atoms in total. The zero-order valence-corrected chi connectivity index (χ0v) is 12.9. The Hall–Kier alpha value is -1.58. The Labute approximate surface area is 130 Å². The van der Waals surface area contributed by atoms with Crippen LogP contribution in [0.15, 0.2) is 54.6 Å². The zero-order valence-electron chi connectivity index (χ0n) is 11.3. The van der Waals surface area contributed by atoms with Gasteiger partial charge in [-0.05, 0) is 35.5 Å². The van der Waals surface area contributed by atoms with Crippen molar-refractivity contribution >= 4 is 28.9 Å². The molecule has 0 radical (unpaired) electrons. The van der Waals surface area contributed by atoms with E-state index in [4.69, 9.17) is 23.8 Å². The third-order valence-corrected chi connectivity index (χ3v) is 3.67. The van der Waals surface area contributed by atoms with E-state index in [1.54, 1.807) is 0 Å². The van der Waals surface area contributed by atoms with Crippen LogP contribution in [-0.2, 0) is 13.1 Å². The Kier molecular flexibility index (Phi) is 5.39. The summed E-state index contributed by atoms with van der Waals surface area (Å²) in [5.74, 6) is 0. The van der Waals surface area contributed by atoms with Crippen molar-refractivity contribution in [2.45, 2.75) is 13.1 Å². The van der Waals surface area contributed by atoms with Crippen molar-refractivity contribution in [2.75, 3.05) is 7.05 Å². The Balaban J connectivity index is 1.84. The van der Waals surface area contributed by atoms with Crippen LogP contribution in [0.25, 0.3) is 0 Å². The highest BCUT2D eigenvalue weighted by molar-refractivity contribution is 7.80. The molecule has 0 aliphatic carbocycles. The molecule has 2 aromatic carbocycles. The van der Waals surface area contributed by atoms with Gasteiger partial charge in [0.05, 0.1) is 0 Å². The van der Waals surface area contributed by atoms with Gasteiger partial charge in [-0.15, -0.1) is 0 Å². The summed E-state index contributed by atoms with van der Waals surface area (Å²) in [6, 6.07) is 18.0. The highest BCUT2D eigenvalue weighted by atomic mass is 35.5. The van der Waals surface area contributed by atoms with Crippen molar-refractivity contribution in [3.05, 3.63) is 70.7 Å². The van der Waals surface area contributed by atoms with E-state index in [0.717, 1.165) is 23.2 Å². The van der Waals surface area contributed by atoms with E-state index in [9.17, 15) is 0 Å². The van der Waals surface area contributed by atoms with Crippen LogP contribution in [-0.4, -0.2) is 17.1 Å². The molecule has 2 aromatic rings. The summed E-state index contributed by atoms with van der Waals surface area (Å²) < 4.78 is 0. The number of nitrogens with one attached hydrogen (secondary N) is 1. The van der Waals surface area contributed by atoms with Gasteiger partial charge < -0.3 is 10.2 Å². The van der Waals surface area contributed by atoms with Crippen molar-refractivity contribution in [1.82, 2.24) is 10.2 Å². The summed E-state index contributed by atoms with van der Waals surface area (Å²) in [5.41, 5.74) is 2.40. The average molecular weight is 305 g/mol. The van der Waals surface area contributed by atoms with Crippen molar-refractivity contribution in [3.63, 3.8) is 0 Å². The van der Waals surface area contributed by atoms with Crippen molar-refractivity contribution in [2.24, 2.45) is 0 Å². The topological polar surface area (TPSA) is 15.3 Å². The highest BCUT2D eigenvalue weighted by Gasteiger charge is 2.05. The van der Waals surface area contributed by atoms with Crippen LogP contribution >= 0.6 is 23.8 Å². The predicted molar refractivity (Wildman–Crippen MR) is 88.8 cm³/mol. The van der Waals surface area contributed by atoms with E-state index in [1.807, 2.05) is 54.4 Å². The van der Waals surface area contributed by atoms with Gasteiger partial charge in [0.25, 0.3) is 0 Å². The van der Waals surface area contributed by atoms with Gasteiger partial charge in [-0.2, -0.15) is 0 Å². The standard InChI is InChI=1S/C16H17ClN2S/c1-19(12-14-7-9-15(17)10-8-14)16(20)18-11-13-5-3-2-4-6-13/h2-10H,11-12H2,1H3,(H,18,20). The Morgan fingerprint density at radius 2 is 1.70 bits per heavy atom. The monoisotopic (exact) mass is 304 g/mol. The van der Waals surface area contributed by atoms with E-state index in [1.165, 1.54) is 11.1 Å². The first-order valence-electron chi connectivity index (χ1n) is 6.42. The Morgan fingerprint density at radius 1 is 1.05 bits per heavy atom. The average Bonchev–Trinajstić information content (AvgIpc) is 2.48. The fourth-order valence-electron chi connectivity index (χ4n) is 1.84. The first-order chi connectivity index (χ1) is 9.65. The molecule has 0 unspecified atom stereocenters. The van der Waals surface area contributed by atoms with Crippen LogP contribution in [0.1, 0.15) is 11.1 Å². The van der Waals surface area contributed by atoms with Gasteiger partial charge in [-0.25, -0.2) is 0 Å². The lowest BCUT2D eigenvalue weighted by atomic mass is 10.2. The Bertz CT molecular complexity index is 554. The molecule has 4 heteroatoms. The normalized spacial score (nSPS) is 10.1. The van der Waals surface area contributed by atoms with Crippen LogP contribution in [0, 0.1) is 0 Å². The first kappa shape index (κ1) is 14.8. The molecule has 0 fully saturated rings. The summed E-state index contributed by atoms with van der Waals surface area (Å²) in [5, 5.41) is 4.75. The molecule has 0 bridgehead atoms. The van der Waals surface area contributed by atoms with Crippen LogP contribution in [0.3, 0.4) is 0 Å². The smallest absolute Gasteiger partial charge is 0.169 e. The molecule has 0 saturated heterocycles. The molecule has 0 spiro atoms. The fourth-order valence-corrected chi connectivity index (χ4v) is 2.11. The van der Waals surface area contributed by atoms with Crippen LogP contribution in [0.2, 0.25) is 5.02 Å². The molecule has 0 saturated carbocycles. The lowest BCUT2D eigenvalue weighted by Gasteiger charge is -2.21. The quantitative estimate of drug-likeness (QED) is 0.864. The molecule has 0 aliphatic heterocycles. The van der Waals surface area contributed by atoms with Crippen molar-refractivity contribution in [1.29, 1.82) is 0 Å². The minimum absolute atomic E-state index is 0.740. The van der Waals surface area contributed by atoms with Crippen LogP contribution in [0.4, 0.5) is 0 Å². The number of halogens is 1. The van der Waals surface area contributed by atoms with Crippen molar-refractivity contribution < 1.29 is 0 Å². The molecule has 2 rings (SSSR count). The molecule has 1 N–H and O–H groups in total. The van der Waals surface area contributed by atoms with Crippen molar-refractivity contribution in [3.8, 4) is 0 Å². The second-order valence-corrected chi connectivity index (χ2v) is 5.45. The van der Waals surface area contributed by atoms with Gasteiger partial charge in [0, 0.05) is 25.2 Å². The highest BCUT2D eigenvalue weighted by Crippen LogP contribution is 2.11. The molecule has 0 aliphatic rings. The molecule has 20 heavy (non-hydrogen) atoms. The number of nitrogens with zero attached hydrogens (tertiary/aromatic N) is 1. The number of benzene rings is 2. The maximum absolute atomic E-state index is 5.88. The fraction of sp³-hybridized carbons (Fsp3) is 0.188. The second kappa shape index (κ2) is 7.27. The van der Waals surface area contributed by atoms with E-state index in [2.05, 4.69) is 17.4 Å². The van der Waals surface area contributed by atoms with Gasteiger partial charge in [0.15, 0.2) is 5.11 Å². The van der Waals surface area contributed by atoms with Crippen LogP contribution < -0.4 is 5.32 Å². The molecule has 0 atom stereocenters.